The molecule has 1 aromatic carbocycles. The zero-order valence-electron chi connectivity index (χ0n) is 17.1. The summed E-state index contributed by atoms with van der Waals surface area (Å²) in [6.07, 6.45) is 1.59. The molecule has 0 aliphatic heterocycles. The highest BCUT2D eigenvalue weighted by Crippen LogP contribution is 2.28. The molecule has 0 bridgehead atoms. The van der Waals surface area contributed by atoms with Crippen LogP contribution in [0.15, 0.2) is 24.3 Å². The summed E-state index contributed by atoms with van der Waals surface area (Å²) >= 11 is 0. The van der Waals surface area contributed by atoms with Crippen LogP contribution in [-0.2, 0) is 14.3 Å². The molecule has 0 heterocycles. The van der Waals surface area contributed by atoms with Crippen LogP contribution < -0.4 is 20.1 Å². The molecule has 0 aliphatic rings. The molecule has 2 N–H and O–H groups in total. The SMILES string of the molecule is CCOc1cc(/C=C/C(=O)O[C@H](C)C(=O)NC(=O)NC(C)(C)C)ccc1OC. The molecule has 0 saturated heterocycles. The van der Waals surface area contributed by atoms with Gasteiger partial charge in [-0.3, -0.25) is 10.1 Å². The Hall–Kier alpha value is -3.03. The Morgan fingerprint density at radius 3 is 2.43 bits per heavy atom. The van der Waals surface area contributed by atoms with Gasteiger partial charge in [0, 0.05) is 11.6 Å². The molecular weight excluding hydrogens is 364 g/mol. The van der Waals surface area contributed by atoms with E-state index >= 15 is 0 Å². The molecule has 0 spiro atoms. The lowest BCUT2D eigenvalue weighted by atomic mass is 10.1. The van der Waals surface area contributed by atoms with Crippen molar-refractivity contribution >= 4 is 24.0 Å². The van der Waals surface area contributed by atoms with Gasteiger partial charge in [0.05, 0.1) is 13.7 Å². The molecule has 8 nitrogen and oxygen atoms in total. The highest BCUT2D eigenvalue weighted by molar-refractivity contribution is 5.98. The van der Waals surface area contributed by atoms with E-state index in [1.54, 1.807) is 46.1 Å². The van der Waals surface area contributed by atoms with Gasteiger partial charge >= 0.3 is 12.0 Å². The van der Waals surface area contributed by atoms with Gasteiger partial charge in [0.1, 0.15) is 0 Å². The maximum atomic E-state index is 11.9. The van der Waals surface area contributed by atoms with Crippen LogP contribution in [0.25, 0.3) is 6.08 Å². The minimum Gasteiger partial charge on any atom is -0.493 e. The van der Waals surface area contributed by atoms with Gasteiger partial charge in [-0.25, -0.2) is 9.59 Å². The van der Waals surface area contributed by atoms with Crippen molar-refractivity contribution in [2.75, 3.05) is 13.7 Å². The number of urea groups is 1. The first-order chi connectivity index (χ1) is 13.1. The summed E-state index contributed by atoms with van der Waals surface area (Å²) in [5, 5.41) is 4.71. The van der Waals surface area contributed by atoms with Gasteiger partial charge < -0.3 is 19.5 Å². The van der Waals surface area contributed by atoms with Crippen LogP contribution in [0.2, 0.25) is 0 Å². The van der Waals surface area contributed by atoms with Crippen molar-refractivity contribution in [2.45, 2.75) is 46.3 Å². The first-order valence-corrected chi connectivity index (χ1v) is 8.88. The van der Waals surface area contributed by atoms with Crippen LogP contribution in [0.5, 0.6) is 11.5 Å². The fourth-order valence-electron chi connectivity index (χ4n) is 2.08. The quantitative estimate of drug-likeness (QED) is 0.546. The van der Waals surface area contributed by atoms with Crippen molar-refractivity contribution in [3.63, 3.8) is 0 Å². The van der Waals surface area contributed by atoms with Gasteiger partial charge in [-0.15, -0.1) is 0 Å². The molecule has 1 rings (SSSR count). The van der Waals surface area contributed by atoms with E-state index < -0.39 is 29.6 Å². The second-order valence-electron chi connectivity index (χ2n) is 6.95. The number of carbonyl (C=O) groups excluding carboxylic acids is 3. The van der Waals surface area contributed by atoms with Crippen LogP contribution in [0.4, 0.5) is 4.79 Å². The largest absolute Gasteiger partial charge is 0.493 e. The van der Waals surface area contributed by atoms with Crippen molar-refractivity contribution < 1.29 is 28.6 Å². The van der Waals surface area contributed by atoms with Crippen LogP contribution in [-0.4, -0.2) is 43.3 Å². The topological polar surface area (TPSA) is 103 Å². The number of nitrogens with one attached hydrogen (secondary N) is 2. The summed E-state index contributed by atoms with van der Waals surface area (Å²) in [4.78, 5) is 35.6. The Balaban J connectivity index is 2.64. The van der Waals surface area contributed by atoms with Gasteiger partial charge in [-0.05, 0) is 58.4 Å². The average Bonchev–Trinajstić information content (AvgIpc) is 2.58. The zero-order valence-corrected chi connectivity index (χ0v) is 17.1. The molecule has 0 unspecified atom stereocenters. The van der Waals surface area contributed by atoms with E-state index in [1.807, 2.05) is 6.92 Å². The number of ether oxygens (including phenoxy) is 3. The van der Waals surface area contributed by atoms with Gasteiger partial charge in [0.2, 0.25) is 0 Å². The van der Waals surface area contributed by atoms with Gasteiger partial charge in [0.15, 0.2) is 17.6 Å². The summed E-state index contributed by atoms with van der Waals surface area (Å²) in [7, 11) is 1.54. The molecular formula is C20H28N2O6. The molecule has 3 amide bonds. The Morgan fingerprint density at radius 2 is 1.86 bits per heavy atom. The van der Waals surface area contributed by atoms with Crippen LogP contribution in [0.3, 0.4) is 0 Å². The molecule has 0 aliphatic carbocycles. The van der Waals surface area contributed by atoms with E-state index in [0.29, 0.717) is 23.7 Å². The van der Waals surface area contributed by atoms with Gasteiger partial charge in [0.25, 0.3) is 5.91 Å². The Bertz CT molecular complexity index is 737. The smallest absolute Gasteiger partial charge is 0.331 e. The number of imide groups is 1. The third kappa shape index (κ3) is 8.11. The molecule has 154 valence electrons. The number of esters is 1. The standard InChI is InChI=1S/C20H28N2O6/c1-7-27-16-12-14(8-10-15(16)26-6)9-11-17(23)28-13(2)18(24)21-19(25)22-20(3,4)5/h8-13H,7H2,1-6H3,(H2,21,22,24,25)/b11-9+/t13-/m1/s1. The van der Waals surface area contributed by atoms with E-state index in [-0.39, 0.29) is 0 Å². The lowest BCUT2D eigenvalue weighted by Crippen LogP contribution is -2.50. The first-order valence-electron chi connectivity index (χ1n) is 8.88. The Morgan fingerprint density at radius 1 is 1.18 bits per heavy atom. The third-order valence-electron chi connectivity index (χ3n) is 3.29. The summed E-state index contributed by atoms with van der Waals surface area (Å²) < 4.78 is 15.7. The van der Waals surface area contributed by atoms with Crippen LogP contribution >= 0.6 is 0 Å². The second kappa shape index (κ2) is 10.3. The molecule has 1 aromatic rings. The number of rotatable bonds is 7. The number of amides is 3. The van der Waals surface area contributed by atoms with E-state index in [2.05, 4.69) is 10.6 Å². The summed E-state index contributed by atoms with van der Waals surface area (Å²) in [6.45, 7) is 9.05. The van der Waals surface area contributed by atoms with Crippen molar-refractivity contribution in [3.05, 3.63) is 29.8 Å². The molecule has 0 fully saturated rings. The number of hydrogen-bond donors (Lipinski definition) is 2. The highest BCUT2D eigenvalue weighted by Gasteiger charge is 2.21. The monoisotopic (exact) mass is 392 g/mol. The summed E-state index contributed by atoms with van der Waals surface area (Å²) in [6, 6.07) is 4.54. The second-order valence-corrected chi connectivity index (χ2v) is 6.95. The third-order valence-corrected chi connectivity index (χ3v) is 3.29. The fraction of sp³-hybridized carbons (Fsp3) is 0.450. The van der Waals surface area contributed by atoms with E-state index in [9.17, 15) is 14.4 Å². The van der Waals surface area contributed by atoms with Crippen molar-refractivity contribution in [2.24, 2.45) is 0 Å². The van der Waals surface area contributed by atoms with E-state index in [1.165, 1.54) is 19.1 Å². The van der Waals surface area contributed by atoms with Crippen molar-refractivity contribution in [1.29, 1.82) is 0 Å². The predicted octanol–water partition coefficient (Wildman–Crippen LogP) is 2.66. The fourth-order valence-corrected chi connectivity index (χ4v) is 2.08. The van der Waals surface area contributed by atoms with Crippen molar-refractivity contribution in [3.8, 4) is 11.5 Å². The number of hydrogen-bond acceptors (Lipinski definition) is 6. The molecule has 28 heavy (non-hydrogen) atoms. The lowest BCUT2D eigenvalue weighted by Gasteiger charge is -2.21. The average molecular weight is 392 g/mol. The van der Waals surface area contributed by atoms with Crippen LogP contribution in [0.1, 0.15) is 40.2 Å². The molecule has 0 saturated carbocycles. The zero-order chi connectivity index (χ0) is 21.3. The normalized spacial score (nSPS) is 12.2. The van der Waals surface area contributed by atoms with E-state index in [4.69, 9.17) is 14.2 Å². The maximum absolute atomic E-state index is 11.9. The minimum absolute atomic E-state index is 0.473. The summed E-state index contributed by atoms with van der Waals surface area (Å²) in [5.74, 6) is -0.294. The number of benzene rings is 1. The Kier molecular flexibility index (Phi) is 8.50. The van der Waals surface area contributed by atoms with Crippen LogP contribution in [0, 0.1) is 0 Å². The predicted molar refractivity (Wildman–Crippen MR) is 105 cm³/mol. The highest BCUT2D eigenvalue weighted by atomic mass is 16.5. The molecule has 0 aromatic heterocycles. The van der Waals surface area contributed by atoms with Gasteiger partial charge in [-0.1, -0.05) is 6.07 Å². The van der Waals surface area contributed by atoms with Gasteiger partial charge in [-0.2, -0.15) is 0 Å². The van der Waals surface area contributed by atoms with Crippen molar-refractivity contribution in [1.82, 2.24) is 10.6 Å². The minimum atomic E-state index is -1.13. The first kappa shape index (κ1) is 23.0. The number of methoxy groups -OCH3 is 1. The molecule has 0 radical (unpaired) electrons. The summed E-state index contributed by atoms with van der Waals surface area (Å²) in [5.41, 5.74) is 0.203. The lowest BCUT2D eigenvalue weighted by molar-refractivity contribution is -0.149. The Labute approximate surface area is 165 Å². The number of carbonyl (C=O) groups is 3. The molecule has 8 heteroatoms. The molecule has 1 atom stereocenters. The van der Waals surface area contributed by atoms with E-state index in [0.717, 1.165) is 0 Å². The maximum Gasteiger partial charge on any atom is 0.331 e.